The highest BCUT2D eigenvalue weighted by atomic mass is 16.5. The molecule has 43 heavy (non-hydrogen) atoms. The van der Waals surface area contributed by atoms with Crippen LogP contribution in [0.4, 0.5) is 0 Å². The molecule has 0 radical (unpaired) electrons. The molecule has 0 aliphatic rings. The molecule has 2 aromatic carbocycles. The maximum Gasteiger partial charge on any atom is 0.128 e. The van der Waals surface area contributed by atoms with Crippen LogP contribution >= 0.6 is 0 Å². The van der Waals surface area contributed by atoms with E-state index in [0.29, 0.717) is 60.8 Å². The van der Waals surface area contributed by atoms with Gasteiger partial charge in [-0.1, -0.05) is 47.0 Å². The molecule has 0 saturated heterocycles. The van der Waals surface area contributed by atoms with Crippen LogP contribution in [0.25, 0.3) is 0 Å². The Balaban J connectivity index is 1.88. The van der Waals surface area contributed by atoms with E-state index in [9.17, 15) is 10.2 Å². The van der Waals surface area contributed by atoms with Gasteiger partial charge >= 0.3 is 0 Å². The molecule has 4 N–H and O–H groups in total. The van der Waals surface area contributed by atoms with E-state index >= 15 is 0 Å². The smallest absolute Gasteiger partial charge is 0.128 e. The fraction of sp³-hybridized carbons (Fsp3) is 0.667. The van der Waals surface area contributed by atoms with Crippen LogP contribution in [-0.2, 0) is 13.2 Å². The Morgan fingerprint density at radius 3 is 1.56 bits per heavy atom. The first-order valence-corrected chi connectivity index (χ1v) is 16.4. The van der Waals surface area contributed by atoms with Gasteiger partial charge in [0, 0.05) is 23.3 Å². The third kappa shape index (κ3) is 12.2. The Labute approximate surface area is 261 Å². The predicted octanol–water partition coefficient (Wildman–Crippen LogP) is 7.39. The second-order valence-corrected chi connectivity index (χ2v) is 12.1. The molecule has 2 rings (SSSR count). The second kappa shape index (κ2) is 20.5. The summed E-state index contributed by atoms with van der Waals surface area (Å²) in [6.45, 7) is 11.1. The van der Waals surface area contributed by atoms with Gasteiger partial charge in [-0.3, -0.25) is 0 Å². The molecule has 7 nitrogen and oxygen atoms in total. The normalized spacial score (nSPS) is 14.9. The minimum atomic E-state index is -0.0546. The lowest BCUT2D eigenvalue weighted by Gasteiger charge is -2.31. The van der Waals surface area contributed by atoms with Crippen LogP contribution in [0.5, 0.6) is 23.0 Å². The summed E-state index contributed by atoms with van der Waals surface area (Å²) in [5.41, 5.74) is 7.96. The van der Waals surface area contributed by atoms with Crippen LogP contribution in [0, 0.1) is 29.6 Å². The second-order valence-electron chi connectivity index (χ2n) is 12.1. The average Bonchev–Trinajstić information content (AvgIpc) is 3.04. The molecular weight excluding hydrogens is 542 g/mol. The average molecular weight is 602 g/mol. The van der Waals surface area contributed by atoms with Crippen molar-refractivity contribution in [3.05, 3.63) is 47.5 Å². The van der Waals surface area contributed by atoms with Crippen molar-refractivity contribution < 1.29 is 29.2 Å². The standard InChI is InChI=1S/C36H59NO6/c1-7-27(14-16-42-35-21-33(40-5)12-10-30(35)24-38)18-26(4)19-29(9-3)32(23-37)20-28(8-2)15-17-43-36-22-34(41-6)13-11-31(36)25-39/h10-13,21-22,26-29,32,38-39H,7-9,14-20,23-25,37H2,1-6H3. The third-order valence-corrected chi connectivity index (χ3v) is 9.18. The Kier molecular flexibility index (Phi) is 17.5. The molecule has 244 valence electrons. The maximum absolute atomic E-state index is 9.69. The Morgan fingerprint density at radius 1 is 0.674 bits per heavy atom. The number of aliphatic hydroxyl groups is 2. The quantitative estimate of drug-likeness (QED) is 0.122. The molecule has 0 bridgehead atoms. The first-order chi connectivity index (χ1) is 20.8. The number of rotatable bonds is 23. The highest BCUT2D eigenvalue weighted by molar-refractivity contribution is 5.41. The molecule has 5 atom stereocenters. The van der Waals surface area contributed by atoms with Gasteiger partial charge in [0.05, 0.1) is 40.6 Å². The minimum Gasteiger partial charge on any atom is -0.497 e. The molecule has 0 fully saturated rings. The molecule has 0 saturated carbocycles. The van der Waals surface area contributed by atoms with Gasteiger partial charge in [0.2, 0.25) is 0 Å². The number of aliphatic hydroxyl groups excluding tert-OH is 2. The molecule has 0 aromatic heterocycles. The lowest BCUT2D eigenvalue weighted by molar-refractivity contribution is 0.186. The minimum absolute atomic E-state index is 0.0485. The van der Waals surface area contributed by atoms with E-state index in [2.05, 4.69) is 27.7 Å². The number of hydrogen-bond acceptors (Lipinski definition) is 7. The van der Waals surface area contributed by atoms with Crippen molar-refractivity contribution in [2.24, 2.45) is 35.3 Å². The largest absolute Gasteiger partial charge is 0.497 e. The maximum atomic E-state index is 9.69. The van der Waals surface area contributed by atoms with Gasteiger partial charge in [0.25, 0.3) is 0 Å². The van der Waals surface area contributed by atoms with Crippen molar-refractivity contribution in [1.29, 1.82) is 0 Å². The highest BCUT2D eigenvalue weighted by Crippen LogP contribution is 2.34. The third-order valence-electron chi connectivity index (χ3n) is 9.18. The van der Waals surface area contributed by atoms with Gasteiger partial charge in [-0.2, -0.15) is 0 Å². The van der Waals surface area contributed by atoms with Crippen molar-refractivity contribution >= 4 is 0 Å². The van der Waals surface area contributed by atoms with E-state index in [1.807, 2.05) is 36.4 Å². The predicted molar refractivity (Wildman–Crippen MR) is 175 cm³/mol. The first kappa shape index (κ1) is 36.7. The van der Waals surface area contributed by atoms with Crippen LogP contribution in [-0.4, -0.2) is 44.2 Å². The summed E-state index contributed by atoms with van der Waals surface area (Å²) in [6, 6.07) is 11.1. The van der Waals surface area contributed by atoms with Gasteiger partial charge in [-0.05, 0) is 92.5 Å². The zero-order valence-corrected chi connectivity index (χ0v) is 27.6. The molecule has 0 heterocycles. The summed E-state index contributed by atoms with van der Waals surface area (Å²) in [5.74, 6) is 5.71. The monoisotopic (exact) mass is 601 g/mol. The molecule has 2 aromatic rings. The molecule has 5 unspecified atom stereocenters. The van der Waals surface area contributed by atoms with E-state index in [4.69, 9.17) is 24.7 Å². The highest BCUT2D eigenvalue weighted by Gasteiger charge is 2.25. The van der Waals surface area contributed by atoms with Crippen LogP contribution in [0.3, 0.4) is 0 Å². The van der Waals surface area contributed by atoms with E-state index in [1.54, 1.807) is 14.2 Å². The van der Waals surface area contributed by atoms with Crippen LogP contribution in [0.1, 0.15) is 90.2 Å². The van der Waals surface area contributed by atoms with Crippen LogP contribution in [0.15, 0.2) is 36.4 Å². The lowest BCUT2D eigenvalue weighted by Crippen LogP contribution is -2.28. The van der Waals surface area contributed by atoms with Gasteiger partial charge < -0.3 is 34.9 Å². The van der Waals surface area contributed by atoms with Crippen LogP contribution < -0.4 is 24.7 Å². The molecule has 0 aliphatic carbocycles. The number of methoxy groups -OCH3 is 2. The summed E-state index contributed by atoms with van der Waals surface area (Å²) in [7, 11) is 3.28. The van der Waals surface area contributed by atoms with E-state index < -0.39 is 0 Å². The van der Waals surface area contributed by atoms with Gasteiger partial charge in [0.1, 0.15) is 23.0 Å². The van der Waals surface area contributed by atoms with Crippen molar-refractivity contribution in [2.75, 3.05) is 34.0 Å². The first-order valence-electron chi connectivity index (χ1n) is 16.4. The number of hydrogen-bond donors (Lipinski definition) is 3. The molecule has 7 heteroatoms. The van der Waals surface area contributed by atoms with Crippen molar-refractivity contribution in [2.45, 2.75) is 92.3 Å². The van der Waals surface area contributed by atoms with E-state index in [0.717, 1.165) is 61.2 Å². The number of ether oxygens (including phenoxy) is 4. The molecule has 0 aliphatic heterocycles. The van der Waals surface area contributed by atoms with Gasteiger partial charge in [-0.15, -0.1) is 0 Å². The van der Waals surface area contributed by atoms with E-state index in [-0.39, 0.29) is 13.2 Å². The van der Waals surface area contributed by atoms with Gasteiger partial charge in [-0.25, -0.2) is 0 Å². The Bertz CT molecular complexity index is 1030. The summed E-state index contributed by atoms with van der Waals surface area (Å²) in [4.78, 5) is 0. The van der Waals surface area contributed by atoms with Crippen LogP contribution in [0.2, 0.25) is 0 Å². The SMILES string of the molecule is CCC(CCOc1cc(OC)ccc1CO)CC(C)CC(CC)C(CN)CC(CC)CCOc1cc(OC)ccc1CO. The fourth-order valence-corrected chi connectivity index (χ4v) is 6.29. The Morgan fingerprint density at radius 2 is 1.16 bits per heavy atom. The van der Waals surface area contributed by atoms with Crippen molar-refractivity contribution in [3.8, 4) is 23.0 Å². The topological polar surface area (TPSA) is 103 Å². The fourth-order valence-electron chi connectivity index (χ4n) is 6.29. The van der Waals surface area contributed by atoms with E-state index in [1.165, 1.54) is 12.8 Å². The summed E-state index contributed by atoms with van der Waals surface area (Å²) >= 11 is 0. The summed E-state index contributed by atoms with van der Waals surface area (Å²) < 4.78 is 22.9. The number of nitrogens with two attached hydrogens (primary N) is 1. The zero-order chi connectivity index (χ0) is 31.6. The molecular formula is C36H59NO6. The zero-order valence-electron chi connectivity index (χ0n) is 27.6. The molecule has 0 amide bonds. The van der Waals surface area contributed by atoms with Crippen molar-refractivity contribution in [3.63, 3.8) is 0 Å². The Hall–Kier alpha value is -2.48. The lowest BCUT2D eigenvalue weighted by atomic mass is 9.75. The van der Waals surface area contributed by atoms with Gasteiger partial charge in [0.15, 0.2) is 0 Å². The number of benzene rings is 2. The summed E-state index contributed by atoms with van der Waals surface area (Å²) in [6.07, 6.45) is 8.80. The van der Waals surface area contributed by atoms with Crippen molar-refractivity contribution in [1.82, 2.24) is 0 Å². The molecule has 0 spiro atoms. The summed E-state index contributed by atoms with van der Waals surface area (Å²) in [5, 5.41) is 19.4.